The van der Waals surface area contributed by atoms with Crippen LogP contribution >= 0.6 is 0 Å². The van der Waals surface area contributed by atoms with Gasteiger partial charge in [0.2, 0.25) is 0 Å². The largest absolute Gasteiger partial charge is 0.394 e. The normalized spacial score (nSPS) is 42.5. The van der Waals surface area contributed by atoms with Crippen molar-refractivity contribution in [1.29, 1.82) is 0 Å². The van der Waals surface area contributed by atoms with Gasteiger partial charge >= 0.3 is 6.03 Å². The number of carbonyl (C=O) groups excluding carboxylic acids is 1. The highest BCUT2D eigenvalue weighted by Crippen LogP contribution is 2.32. The molecule has 0 aromatic rings. The minimum Gasteiger partial charge on any atom is -0.394 e. The van der Waals surface area contributed by atoms with E-state index >= 15 is 0 Å². The lowest BCUT2D eigenvalue weighted by atomic mass is 9.83. The lowest BCUT2D eigenvalue weighted by Gasteiger charge is -2.48. The third-order valence-electron chi connectivity index (χ3n) is 7.50. The number of aliphatic hydroxyl groups is 5. The van der Waals surface area contributed by atoms with Gasteiger partial charge in [-0.1, -0.05) is 0 Å². The van der Waals surface area contributed by atoms with Crippen LogP contribution in [0, 0.1) is 0 Å². The number of hydrogen-bond acceptors (Lipinski definition) is 16. The highest BCUT2D eigenvalue weighted by Gasteiger charge is 2.51. The van der Waals surface area contributed by atoms with E-state index in [1.165, 1.54) is 0 Å². The molecule has 0 unspecified atom stereocenters. The molecule has 2 heterocycles. The van der Waals surface area contributed by atoms with Crippen molar-refractivity contribution in [3.8, 4) is 0 Å². The monoisotopic (exact) mass is 611 g/mol. The van der Waals surface area contributed by atoms with Crippen LogP contribution in [0.4, 0.5) is 4.79 Å². The van der Waals surface area contributed by atoms with E-state index in [1.807, 2.05) is 0 Å². The summed E-state index contributed by atoms with van der Waals surface area (Å²) in [5.74, 6) is -0.306. The summed E-state index contributed by atoms with van der Waals surface area (Å²) < 4.78 is 23.3. The van der Waals surface area contributed by atoms with E-state index in [0.717, 1.165) is 0 Å². The zero-order valence-corrected chi connectivity index (χ0v) is 22.9. The Morgan fingerprint density at radius 1 is 0.952 bits per heavy atom. The number of nitrogens with two attached hydrogens (primary N) is 6. The van der Waals surface area contributed by atoms with E-state index in [-0.39, 0.29) is 38.4 Å². The van der Waals surface area contributed by atoms with Crippen molar-refractivity contribution in [3.05, 3.63) is 0 Å². The first-order chi connectivity index (χ1) is 19.8. The Balaban J connectivity index is 1.88. The lowest BCUT2D eigenvalue weighted by molar-refractivity contribution is -0.315. The van der Waals surface area contributed by atoms with Crippen LogP contribution in [0.15, 0.2) is 4.99 Å². The van der Waals surface area contributed by atoms with Gasteiger partial charge in [-0.3, -0.25) is 5.21 Å². The predicted octanol–water partition coefficient (Wildman–Crippen LogP) is -7.58. The Kier molecular flexibility index (Phi) is 12.4. The number of hydrogen-bond donors (Lipinski definition) is 13. The summed E-state index contributed by atoms with van der Waals surface area (Å²) in [7, 11) is 0. The van der Waals surface area contributed by atoms with Gasteiger partial charge < -0.3 is 84.2 Å². The number of carbonyl (C=O) groups is 1. The van der Waals surface area contributed by atoms with Crippen molar-refractivity contribution in [2.45, 2.75) is 98.4 Å². The molecular weight excluding hydrogens is 566 g/mol. The average molecular weight is 612 g/mol. The second kappa shape index (κ2) is 15.1. The van der Waals surface area contributed by atoms with Gasteiger partial charge in [-0.25, -0.2) is 14.9 Å². The standard InChI is InChI=1S/C22H45N9O11/c23-1-2-31(38)22(37)30-8-3-7(25)17(41-19-9(29-21(27)28)4-10(33)11(5-24)39-19)16(36)18(8)42-20-15(35)13(26)14(34)12(6-32)40-20/h7-20,32-36,38H,1-6,23-26H2,(H,30,37)(H4,27,28,29)/t7-,8+,9+,10-,11+,12+,13-,14+,15+,16-,17+,18-,19+,20+/m0/s1. The number of guanidine groups is 1. The quantitative estimate of drug-likeness (QED) is 0.0472. The molecule has 0 bridgehead atoms. The first-order valence-electron chi connectivity index (χ1n) is 13.5. The molecule has 2 saturated heterocycles. The summed E-state index contributed by atoms with van der Waals surface area (Å²) in [6.07, 6.45) is -13.4. The molecule has 0 spiro atoms. The fraction of sp³-hybridized carbons (Fsp3) is 0.909. The zero-order chi connectivity index (χ0) is 31.3. The van der Waals surface area contributed by atoms with Crippen LogP contribution in [0.25, 0.3) is 0 Å². The Hall–Kier alpha value is -2.02. The molecule has 2 aliphatic heterocycles. The Morgan fingerprint density at radius 2 is 1.60 bits per heavy atom. The average Bonchev–Trinajstić information content (AvgIpc) is 2.93. The number of aliphatic hydroxyl groups excluding tert-OH is 5. The van der Waals surface area contributed by atoms with Gasteiger partial charge in [-0.2, -0.15) is 0 Å². The summed E-state index contributed by atoms with van der Waals surface area (Å²) >= 11 is 0. The van der Waals surface area contributed by atoms with Crippen molar-refractivity contribution in [2.24, 2.45) is 39.4 Å². The van der Waals surface area contributed by atoms with Crippen LogP contribution in [0.2, 0.25) is 0 Å². The van der Waals surface area contributed by atoms with E-state index in [4.69, 9.17) is 53.3 Å². The van der Waals surface area contributed by atoms with Gasteiger partial charge in [-0.05, 0) is 6.42 Å². The maximum Gasteiger partial charge on any atom is 0.341 e. The molecule has 42 heavy (non-hydrogen) atoms. The first kappa shape index (κ1) is 34.5. The molecule has 244 valence electrons. The molecule has 2 amide bonds. The molecule has 14 atom stereocenters. The predicted molar refractivity (Wildman–Crippen MR) is 142 cm³/mol. The molecule has 20 nitrogen and oxygen atoms in total. The molecule has 3 rings (SSSR count). The minimum absolute atomic E-state index is 0.0133. The highest BCUT2D eigenvalue weighted by atomic mass is 16.7. The lowest BCUT2D eigenvalue weighted by Crippen LogP contribution is -2.69. The van der Waals surface area contributed by atoms with Crippen LogP contribution < -0.4 is 39.7 Å². The number of aliphatic imine (C=N–C) groups is 1. The third-order valence-corrected chi connectivity index (χ3v) is 7.50. The van der Waals surface area contributed by atoms with Crippen LogP contribution in [0.5, 0.6) is 0 Å². The number of rotatable bonds is 10. The van der Waals surface area contributed by atoms with E-state index < -0.39 is 98.2 Å². The van der Waals surface area contributed by atoms with E-state index in [0.29, 0.717) is 5.06 Å². The maximum absolute atomic E-state index is 12.6. The van der Waals surface area contributed by atoms with E-state index in [2.05, 4.69) is 10.3 Å². The van der Waals surface area contributed by atoms with Gasteiger partial charge in [0.05, 0.1) is 37.4 Å². The highest BCUT2D eigenvalue weighted by molar-refractivity contribution is 5.76. The summed E-state index contributed by atoms with van der Waals surface area (Å²) in [6.45, 7) is -0.985. The van der Waals surface area contributed by atoms with Gasteiger partial charge in [-0.15, -0.1) is 0 Å². The Bertz CT molecular complexity index is 904. The first-order valence-corrected chi connectivity index (χ1v) is 13.5. The molecule has 3 aliphatic rings. The van der Waals surface area contributed by atoms with Crippen LogP contribution in [-0.4, -0.2) is 160 Å². The number of urea groups is 1. The molecule has 1 saturated carbocycles. The van der Waals surface area contributed by atoms with E-state index in [1.54, 1.807) is 0 Å². The fourth-order valence-electron chi connectivity index (χ4n) is 5.24. The fourth-order valence-corrected chi connectivity index (χ4v) is 5.24. The molecule has 0 aromatic heterocycles. The Morgan fingerprint density at radius 3 is 2.19 bits per heavy atom. The molecular formula is C22H45N9O11. The van der Waals surface area contributed by atoms with Crippen molar-refractivity contribution in [2.75, 3.05) is 26.2 Å². The number of nitrogens with one attached hydrogen (secondary N) is 1. The van der Waals surface area contributed by atoms with Crippen LogP contribution in [-0.2, 0) is 18.9 Å². The SMILES string of the molecule is NCCN(O)C(=O)N[C@@H]1C[C@H](N)[C@@H](O[C@H]2O[C@H](CN)[C@@H](O)C[C@H]2N=C(N)N)[C@H](O)[C@H]1O[C@H]1O[C@H](CO)[C@@H](O)[C@H](N)[C@H]1O. The molecule has 20 heteroatoms. The third kappa shape index (κ3) is 7.92. The van der Waals surface area contributed by atoms with Crippen molar-refractivity contribution >= 4 is 12.0 Å². The van der Waals surface area contributed by atoms with Crippen molar-refractivity contribution in [3.63, 3.8) is 0 Å². The molecule has 1 aliphatic carbocycles. The van der Waals surface area contributed by atoms with Gasteiger partial charge in [0.1, 0.15) is 42.7 Å². The van der Waals surface area contributed by atoms with Crippen LogP contribution in [0.3, 0.4) is 0 Å². The molecule has 19 N–H and O–H groups in total. The minimum atomic E-state index is -1.65. The van der Waals surface area contributed by atoms with E-state index in [9.17, 15) is 35.5 Å². The molecule has 3 fully saturated rings. The number of hydroxylamine groups is 2. The molecule has 0 aromatic carbocycles. The number of nitrogens with zero attached hydrogens (tertiary/aromatic N) is 2. The maximum atomic E-state index is 12.6. The topological polar surface area (TPSA) is 359 Å². The summed E-state index contributed by atoms with van der Waals surface area (Å²) in [4.78, 5) is 16.6. The van der Waals surface area contributed by atoms with Crippen molar-refractivity contribution < 1.29 is 54.5 Å². The zero-order valence-electron chi connectivity index (χ0n) is 22.9. The second-order valence-electron chi connectivity index (χ2n) is 10.5. The smallest absolute Gasteiger partial charge is 0.341 e. The van der Waals surface area contributed by atoms with Gasteiger partial charge in [0.25, 0.3) is 0 Å². The van der Waals surface area contributed by atoms with Crippen LogP contribution in [0.1, 0.15) is 12.8 Å². The van der Waals surface area contributed by atoms with Gasteiger partial charge in [0, 0.05) is 25.6 Å². The summed E-state index contributed by atoms with van der Waals surface area (Å²) in [5, 5.41) is 65.1. The second-order valence-corrected chi connectivity index (χ2v) is 10.5. The number of ether oxygens (including phenoxy) is 4. The van der Waals surface area contributed by atoms with Crippen molar-refractivity contribution in [1.82, 2.24) is 10.4 Å². The molecule has 0 radical (unpaired) electrons. The van der Waals surface area contributed by atoms with Gasteiger partial charge in [0.15, 0.2) is 18.5 Å². The number of amides is 2. The summed E-state index contributed by atoms with van der Waals surface area (Å²) in [5.41, 5.74) is 34.4. The summed E-state index contributed by atoms with van der Waals surface area (Å²) in [6, 6.07) is -5.26. The Labute approximate surface area is 241 Å².